The van der Waals surface area contributed by atoms with Crippen molar-refractivity contribution in [3.05, 3.63) is 62.8 Å². The van der Waals surface area contributed by atoms with Crippen molar-refractivity contribution in [2.24, 2.45) is 0 Å². The van der Waals surface area contributed by atoms with Gasteiger partial charge in [-0.25, -0.2) is 0 Å². The molecule has 0 atom stereocenters. The molecule has 1 heterocycles. The van der Waals surface area contributed by atoms with Crippen LogP contribution in [0.3, 0.4) is 0 Å². The van der Waals surface area contributed by atoms with Crippen LogP contribution in [0, 0.1) is 13.8 Å². The van der Waals surface area contributed by atoms with Crippen LogP contribution in [0.2, 0.25) is 10.0 Å². The molecule has 0 aliphatic carbocycles. The summed E-state index contributed by atoms with van der Waals surface area (Å²) in [6.45, 7) is 3.76. The lowest BCUT2D eigenvalue weighted by molar-refractivity contribution is -0.137. The third kappa shape index (κ3) is 3.10. The Morgan fingerprint density at radius 3 is 2.46 bits per heavy atom. The summed E-state index contributed by atoms with van der Waals surface area (Å²) < 4.78 is 40.4. The van der Waals surface area contributed by atoms with Gasteiger partial charge >= 0.3 is 6.18 Å². The Bertz CT molecular complexity index is 930. The zero-order chi connectivity index (χ0) is 17.6. The minimum absolute atomic E-state index is 0.287. The molecular weight excluding hydrogens is 360 g/mol. The topological polar surface area (TPSA) is 17.8 Å². The molecule has 0 saturated carbocycles. The molecule has 7 heteroatoms. The van der Waals surface area contributed by atoms with Gasteiger partial charge in [0.15, 0.2) is 0 Å². The van der Waals surface area contributed by atoms with Crippen molar-refractivity contribution >= 4 is 34.1 Å². The average Bonchev–Trinajstić information content (AvgIpc) is 2.90. The molecule has 24 heavy (non-hydrogen) atoms. The summed E-state index contributed by atoms with van der Waals surface area (Å²) in [6, 6.07) is 5.76. The second kappa shape index (κ2) is 5.97. The van der Waals surface area contributed by atoms with Gasteiger partial charge in [0.1, 0.15) is 0 Å². The lowest BCUT2D eigenvalue weighted by atomic mass is 10.1. The van der Waals surface area contributed by atoms with Gasteiger partial charge in [-0.2, -0.15) is 18.3 Å². The number of benzene rings is 2. The highest BCUT2D eigenvalue weighted by Crippen LogP contribution is 2.33. The van der Waals surface area contributed by atoms with E-state index in [9.17, 15) is 13.2 Å². The molecule has 0 radical (unpaired) electrons. The summed E-state index contributed by atoms with van der Waals surface area (Å²) in [6.07, 6.45) is -2.81. The maximum atomic E-state index is 12.9. The maximum absolute atomic E-state index is 12.9. The lowest BCUT2D eigenvalue weighted by Crippen LogP contribution is -2.04. The Hall–Kier alpha value is -1.72. The number of halogens is 5. The first-order chi connectivity index (χ1) is 11.2. The van der Waals surface area contributed by atoms with Gasteiger partial charge in [0, 0.05) is 22.2 Å². The van der Waals surface area contributed by atoms with Crippen molar-refractivity contribution in [3.63, 3.8) is 0 Å². The fourth-order valence-electron chi connectivity index (χ4n) is 2.63. The SMILES string of the molecule is Cc1ccc(Cl)c(Cn2cc3cc(C(F)(F)F)cc(C)c3n2)c1Cl. The van der Waals surface area contributed by atoms with E-state index >= 15 is 0 Å². The summed E-state index contributed by atoms with van der Waals surface area (Å²) in [5.74, 6) is 0. The molecule has 0 N–H and O–H groups in total. The average molecular weight is 373 g/mol. The molecule has 3 aromatic rings. The highest BCUT2D eigenvalue weighted by Gasteiger charge is 2.31. The first kappa shape index (κ1) is 17.1. The first-order valence-electron chi connectivity index (χ1n) is 7.15. The molecule has 0 amide bonds. The number of nitrogens with zero attached hydrogens (tertiary/aromatic N) is 2. The van der Waals surface area contributed by atoms with Crippen LogP contribution in [0.15, 0.2) is 30.5 Å². The second-order valence-corrected chi connectivity index (χ2v) is 6.50. The summed E-state index contributed by atoms with van der Waals surface area (Å²) in [7, 11) is 0. The summed E-state index contributed by atoms with van der Waals surface area (Å²) in [4.78, 5) is 0. The largest absolute Gasteiger partial charge is 0.416 e. The predicted molar refractivity (Wildman–Crippen MR) is 89.8 cm³/mol. The van der Waals surface area contributed by atoms with Crippen molar-refractivity contribution in [2.75, 3.05) is 0 Å². The van der Waals surface area contributed by atoms with Gasteiger partial charge in [-0.05, 0) is 43.2 Å². The summed E-state index contributed by atoms with van der Waals surface area (Å²) in [5, 5.41) is 5.84. The van der Waals surface area contributed by atoms with E-state index in [1.54, 1.807) is 23.9 Å². The molecule has 0 aliphatic heterocycles. The fraction of sp³-hybridized carbons (Fsp3) is 0.235. The fourth-order valence-corrected chi connectivity index (χ4v) is 3.12. The van der Waals surface area contributed by atoms with E-state index in [1.165, 1.54) is 0 Å². The number of hydrogen-bond donors (Lipinski definition) is 0. The zero-order valence-corrected chi connectivity index (χ0v) is 14.4. The smallest absolute Gasteiger partial charge is 0.267 e. The molecule has 0 bridgehead atoms. The molecule has 1 aromatic heterocycles. The van der Waals surface area contributed by atoms with E-state index in [0.717, 1.165) is 17.7 Å². The van der Waals surface area contributed by atoms with Gasteiger partial charge in [-0.15, -0.1) is 0 Å². The molecule has 0 aliphatic rings. The van der Waals surface area contributed by atoms with Crippen LogP contribution in [-0.4, -0.2) is 9.78 Å². The monoisotopic (exact) mass is 372 g/mol. The molecule has 2 aromatic carbocycles. The van der Waals surface area contributed by atoms with Crippen LogP contribution >= 0.6 is 23.2 Å². The van der Waals surface area contributed by atoms with Crippen molar-refractivity contribution in [1.82, 2.24) is 9.78 Å². The predicted octanol–water partition coefficient (Wildman–Crippen LogP) is 6.03. The number of aryl methyl sites for hydroxylation is 2. The molecule has 0 spiro atoms. The molecule has 126 valence electrons. The van der Waals surface area contributed by atoms with Crippen LogP contribution in [0.25, 0.3) is 10.9 Å². The lowest BCUT2D eigenvalue weighted by Gasteiger charge is -2.09. The van der Waals surface area contributed by atoms with Crippen LogP contribution in [0.1, 0.15) is 22.3 Å². The Kier molecular flexibility index (Phi) is 4.26. The van der Waals surface area contributed by atoms with Gasteiger partial charge in [-0.3, -0.25) is 4.68 Å². The molecule has 2 nitrogen and oxygen atoms in total. The number of aromatic nitrogens is 2. The normalized spacial score (nSPS) is 12.1. The Morgan fingerprint density at radius 2 is 1.79 bits per heavy atom. The zero-order valence-electron chi connectivity index (χ0n) is 12.9. The van der Waals surface area contributed by atoms with E-state index in [0.29, 0.717) is 32.1 Å². The standard InChI is InChI=1S/C17H13Cl2F3N2/c1-9-3-4-14(18)13(15(9)19)8-24-7-11-6-12(17(20,21)22)5-10(2)16(11)23-24/h3-7H,8H2,1-2H3. The number of rotatable bonds is 2. The van der Waals surface area contributed by atoms with E-state index in [-0.39, 0.29) is 6.54 Å². The minimum Gasteiger partial charge on any atom is -0.267 e. The van der Waals surface area contributed by atoms with E-state index in [2.05, 4.69) is 5.10 Å². The van der Waals surface area contributed by atoms with Crippen LogP contribution in [0.5, 0.6) is 0 Å². The van der Waals surface area contributed by atoms with Crippen LogP contribution in [0.4, 0.5) is 13.2 Å². The van der Waals surface area contributed by atoms with Gasteiger partial charge in [0.05, 0.1) is 22.6 Å². The van der Waals surface area contributed by atoms with E-state index < -0.39 is 11.7 Å². The van der Waals surface area contributed by atoms with Crippen molar-refractivity contribution in [2.45, 2.75) is 26.6 Å². The van der Waals surface area contributed by atoms with Crippen molar-refractivity contribution < 1.29 is 13.2 Å². The highest BCUT2D eigenvalue weighted by atomic mass is 35.5. The van der Waals surface area contributed by atoms with E-state index in [1.807, 2.05) is 13.0 Å². The highest BCUT2D eigenvalue weighted by molar-refractivity contribution is 6.36. The third-order valence-electron chi connectivity index (χ3n) is 3.87. The number of fused-ring (bicyclic) bond motifs is 1. The Balaban J connectivity index is 2.07. The molecule has 3 rings (SSSR count). The molecule has 0 unspecified atom stereocenters. The molecular formula is C17H13Cl2F3N2. The van der Waals surface area contributed by atoms with Gasteiger partial charge in [-0.1, -0.05) is 29.3 Å². The van der Waals surface area contributed by atoms with Crippen LogP contribution < -0.4 is 0 Å². The van der Waals surface area contributed by atoms with Crippen molar-refractivity contribution in [3.8, 4) is 0 Å². The second-order valence-electron chi connectivity index (χ2n) is 5.71. The summed E-state index contributed by atoms with van der Waals surface area (Å²) in [5.41, 5.74) is 1.89. The third-order valence-corrected chi connectivity index (χ3v) is 4.75. The van der Waals surface area contributed by atoms with Crippen LogP contribution in [-0.2, 0) is 12.7 Å². The minimum atomic E-state index is -4.38. The maximum Gasteiger partial charge on any atom is 0.416 e. The first-order valence-corrected chi connectivity index (χ1v) is 7.91. The van der Waals surface area contributed by atoms with Crippen molar-refractivity contribution in [1.29, 1.82) is 0 Å². The Labute approximate surface area is 146 Å². The quantitative estimate of drug-likeness (QED) is 0.537. The van der Waals surface area contributed by atoms with Gasteiger partial charge in [0.25, 0.3) is 0 Å². The Morgan fingerprint density at radius 1 is 1.08 bits per heavy atom. The van der Waals surface area contributed by atoms with Gasteiger partial charge < -0.3 is 0 Å². The van der Waals surface area contributed by atoms with E-state index in [4.69, 9.17) is 23.2 Å². The molecule has 0 saturated heterocycles. The molecule has 0 fully saturated rings. The van der Waals surface area contributed by atoms with Gasteiger partial charge in [0.2, 0.25) is 0 Å². The number of alkyl halides is 3. The summed E-state index contributed by atoms with van der Waals surface area (Å²) >= 11 is 12.5. The number of hydrogen-bond acceptors (Lipinski definition) is 1.